The maximum atomic E-state index is 12.5. The van der Waals surface area contributed by atoms with Crippen LogP contribution < -0.4 is 5.32 Å². The largest absolute Gasteiger partial charge is 0.466 e. The maximum Gasteiger partial charge on any atom is 0.305 e. The van der Waals surface area contributed by atoms with E-state index in [1.54, 1.807) is 0 Å². The molecule has 0 aromatic carbocycles. The van der Waals surface area contributed by atoms with Crippen LogP contribution >= 0.6 is 0 Å². The van der Waals surface area contributed by atoms with Gasteiger partial charge >= 0.3 is 5.97 Å². The minimum Gasteiger partial charge on any atom is -0.466 e. The molecule has 0 saturated carbocycles. The Morgan fingerprint density at radius 1 is 0.354 bits per heavy atom. The highest BCUT2D eigenvalue weighted by Gasteiger charge is 2.20. The number of esters is 1. The van der Waals surface area contributed by atoms with Crippen LogP contribution in [0.15, 0.2) is 36.5 Å². The molecule has 0 heterocycles. The van der Waals surface area contributed by atoms with Gasteiger partial charge in [0, 0.05) is 12.8 Å². The summed E-state index contributed by atoms with van der Waals surface area (Å²) in [6.45, 7) is 4.96. The zero-order valence-electron chi connectivity index (χ0n) is 53.4. The van der Waals surface area contributed by atoms with Crippen LogP contribution in [0.4, 0.5) is 0 Å². The van der Waals surface area contributed by atoms with Crippen LogP contribution in [0.2, 0.25) is 0 Å². The Morgan fingerprint density at radius 2 is 0.633 bits per heavy atom. The number of nitrogens with one attached hydrogen (secondary N) is 1. The third kappa shape index (κ3) is 65.1. The van der Waals surface area contributed by atoms with Crippen LogP contribution in [0.3, 0.4) is 0 Å². The number of hydrogen-bond donors (Lipinski definition) is 3. The van der Waals surface area contributed by atoms with Crippen molar-refractivity contribution in [2.75, 3.05) is 13.2 Å². The van der Waals surface area contributed by atoms with Crippen molar-refractivity contribution in [2.45, 2.75) is 405 Å². The van der Waals surface area contributed by atoms with Gasteiger partial charge in [0.1, 0.15) is 0 Å². The number of amides is 1. The first-order chi connectivity index (χ1) is 39.0. The molecule has 0 spiro atoms. The average Bonchev–Trinajstić information content (AvgIpc) is 3.45. The Kier molecular flexibility index (Phi) is 66.9. The van der Waals surface area contributed by atoms with Crippen molar-refractivity contribution in [2.24, 2.45) is 0 Å². The third-order valence-electron chi connectivity index (χ3n) is 16.7. The molecule has 0 aliphatic rings. The second kappa shape index (κ2) is 68.6. The minimum atomic E-state index is -0.663. The molecule has 0 saturated heterocycles. The smallest absolute Gasteiger partial charge is 0.305 e. The highest BCUT2D eigenvalue weighted by molar-refractivity contribution is 5.76. The number of allylic oxidation sites excluding steroid dienone is 6. The number of aliphatic hydroxyl groups excluding tert-OH is 2. The van der Waals surface area contributed by atoms with Gasteiger partial charge in [-0.15, -0.1) is 0 Å². The molecule has 0 aliphatic heterocycles. The summed E-state index contributed by atoms with van der Waals surface area (Å²) < 4.78 is 5.50. The molecule has 0 rings (SSSR count). The normalized spacial score (nSPS) is 12.7. The summed E-state index contributed by atoms with van der Waals surface area (Å²) in [6.07, 6.45) is 87.7. The fourth-order valence-corrected chi connectivity index (χ4v) is 11.2. The Hall–Kier alpha value is -1.92. The second-order valence-electron chi connectivity index (χ2n) is 24.6. The molecule has 0 aliphatic carbocycles. The molecule has 6 heteroatoms. The van der Waals surface area contributed by atoms with E-state index in [1.807, 2.05) is 0 Å². The van der Waals surface area contributed by atoms with Crippen molar-refractivity contribution in [3.63, 3.8) is 0 Å². The SMILES string of the molecule is CCCCCC/C=C\C/C=C\CCCCCCCCCC(=O)OCCCCCCCCCCCCCC/C=C\CCCCCCCCCCCCCCCCC(=O)NC(CO)C(O)CCCCCCCCCCCCCCCC. The van der Waals surface area contributed by atoms with Crippen LogP contribution in [0.5, 0.6) is 0 Å². The molecule has 2 unspecified atom stereocenters. The van der Waals surface area contributed by atoms with Crippen molar-refractivity contribution in [1.29, 1.82) is 0 Å². The summed E-state index contributed by atoms with van der Waals surface area (Å²) >= 11 is 0. The van der Waals surface area contributed by atoms with E-state index in [0.717, 1.165) is 51.4 Å². The van der Waals surface area contributed by atoms with Gasteiger partial charge in [-0.2, -0.15) is 0 Å². The van der Waals surface area contributed by atoms with E-state index >= 15 is 0 Å². The van der Waals surface area contributed by atoms with Crippen molar-refractivity contribution < 1.29 is 24.5 Å². The number of aliphatic hydroxyl groups is 2. The minimum absolute atomic E-state index is 0.0102. The Bertz CT molecular complexity index is 1280. The standard InChI is InChI=1S/C73H139NO5/c1-3-5-7-9-11-13-15-17-19-20-36-39-43-47-51-55-59-63-67-73(78)79-68-64-60-56-52-48-44-40-37-34-32-30-28-26-24-22-21-23-25-27-29-31-33-35-38-42-46-50-54-58-62-66-72(77)74-70(69-75)71(76)65-61-57-53-49-45-41-18-16-14-12-10-8-6-4-2/h13,15,19-20,22,24,70-71,75-76H,3-12,14,16-18,21,23,25-69H2,1-2H3,(H,74,77)/b15-13-,20-19-,24-22-. The third-order valence-corrected chi connectivity index (χ3v) is 16.7. The van der Waals surface area contributed by atoms with Crippen LogP contribution in [0.25, 0.3) is 0 Å². The first-order valence-corrected chi connectivity index (χ1v) is 35.7. The van der Waals surface area contributed by atoms with Crippen LogP contribution in [0, 0.1) is 0 Å². The van der Waals surface area contributed by atoms with Gasteiger partial charge in [0.25, 0.3) is 0 Å². The van der Waals surface area contributed by atoms with Crippen LogP contribution in [-0.4, -0.2) is 47.4 Å². The molecular formula is C73H139NO5. The van der Waals surface area contributed by atoms with Crippen molar-refractivity contribution in [3.8, 4) is 0 Å². The van der Waals surface area contributed by atoms with Gasteiger partial charge in [-0.25, -0.2) is 0 Å². The summed E-state index contributed by atoms with van der Waals surface area (Å²) in [5.74, 6) is -0.0212. The molecular weight excluding hydrogens is 971 g/mol. The van der Waals surface area contributed by atoms with Crippen molar-refractivity contribution in [1.82, 2.24) is 5.32 Å². The molecule has 2 atom stereocenters. The summed E-state index contributed by atoms with van der Waals surface area (Å²) in [5, 5.41) is 23.3. The average molecular weight is 1110 g/mol. The Morgan fingerprint density at radius 3 is 0.987 bits per heavy atom. The number of rotatable bonds is 67. The lowest BCUT2D eigenvalue weighted by atomic mass is 10.0. The molecule has 1 amide bonds. The van der Waals surface area contributed by atoms with Crippen molar-refractivity contribution in [3.05, 3.63) is 36.5 Å². The second-order valence-corrected chi connectivity index (χ2v) is 24.6. The number of ether oxygens (including phenoxy) is 1. The van der Waals surface area contributed by atoms with Gasteiger partial charge in [0.05, 0.1) is 25.4 Å². The number of carbonyl (C=O) groups is 2. The van der Waals surface area contributed by atoms with Crippen LogP contribution in [-0.2, 0) is 14.3 Å². The van der Waals surface area contributed by atoms with Gasteiger partial charge in [-0.05, 0) is 83.5 Å². The quantitative estimate of drug-likeness (QED) is 0.0320. The molecule has 0 fully saturated rings. The van der Waals surface area contributed by atoms with Gasteiger partial charge in [0.2, 0.25) is 5.91 Å². The van der Waals surface area contributed by atoms with Gasteiger partial charge in [0.15, 0.2) is 0 Å². The van der Waals surface area contributed by atoms with Gasteiger partial charge in [-0.1, -0.05) is 333 Å². The highest BCUT2D eigenvalue weighted by Crippen LogP contribution is 2.19. The van der Waals surface area contributed by atoms with E-state index < -0.39 is 12.1 Å². The molecule has 0 bridgehead atoms. The fraction of sp³-hybridized carbons (Fsp3) is 0.890. The fourth-order valence-electron chi connectivity index (χ4n) is 11.2. The molecule has 0 aromatic rings. The molecule has 3 N–H and O–H groups in total. The molecule has 6 nitrogen and oxygen atoms in total. The molecule has 0 aromatic heterocycles. The van der Waals surface area contributed by atoms with Crippen LogP contribution in [0.1, 0.15) is 393 Å². The van der Waals surface area contributed by atoms with E-state index in [9.17, 15) is 19.8 Å². The monoisotopic (exact) mass is 1110 g/mol. The summed E-state index contributed by atoms with van der Waals surface area (Å²) in [5.41, 5.74) is 0. The van der Waals surface area contributed by atoms with E-state index in [4.69, 9.17) is 4.74 Å². The van der Waals surface area contributed by atoms with E-state index in [1.165, 1.54) is 308 Å². The van der Waals surface area contributed by atoms with Crippen molar-refractivity contribution >= 4 is 11.9 Å². The maximum absolute atomic E-state index is 12.5. The predicted molar refractivity (Wildman–Crippen MR) is 347 cm³/mol. The summed E-state index contributed by atoms with van der Waals surface area (Å²) in [6, 6.07) is -0.540. The van der Waals surface area contributed by atoms with E-state index in [0.29, 0.717) is 25.9 Å². The molecule has 79 heavy (non-hydrogen) atoms. The van der Waals surface area contributed by atoms with Gasteiger partial charge in [-0.3, -0.25) is 9.59 Å². The Labute approximate surface area is 494 Å². The zero-order chi connectivity index (χ0) is 57.1. The first kappa shape index (κ1) is 77.1. The van der Waals surface area contributed by atoms with E-state index in [2.05, 4.69) is 55.6 Å². The number of unbranched alkanes of at least 4 members (excludes halogenated alkanes) is 50. The number of hydrogen-bond acceptors (Lipinski definition) is 5. The summed E-state index contributed by atoms with van der Waals surface area (Å²) in [7, 11) is 0. The van der Waals surface area contributed by atoms with E-state index in [-0.39, 0.29) is 18.5 Å². The lowest BCUT2D eigenvalue weighted by molar-refractivity contribution is -0.143. The highest BCUT2D eigenvalue weighted by atomic mass is 16.5. The molecule has 0 radical (unpaired) electrons. The summed E-state index contributed by atoms with van der Waals surface area (Å²) in [4.78, 5) is 24.6. The Balaban J connectivity index is 3.35. The number of carbonyl (C=O) groups excluding carboxylic acids is 2. The lowest BCUT2D eigenvalue weighted by Crippen LogP contribution is -2.45. The molecule has 466 valence electrons. The zero-order valence-corrected chi connectivity index (χ0v) is 53.4. The van der Waals surface area contributed by atoms with Gasteiger partial charge < -0.3 is 20.3 Å². The predicted octanol–water partition coefficient (Wildman–Crippen LogP) is 23.1. The topological polar surface area (TPSA) is 95.9 Å². The first-order valence-electron chi connectivity index (χ1n) is 35.7. The lowest BCUT2D eigenvalue weighted by Gasteiger charge is -2.22.